The van der Waals surface area contributed by atoms with E-state index in [1.807, 2.05) is 0 Å². The first-order valence-electron chi connectivity index (χ1n) is 7.75. The Morgan fingerprint density at radius 3 is 2.62 bits per heavy atom. The van der Waals surface area contributed by atoms with Crippen LogP contribution in [0.15, 0.2) is 53.6 Å². The second-order valence-corrected chi connectivity index (χ2v) is 5.62. The van der Waals surface area contributed by atoms with Crippen molar-refractivity contribution < 1.29 is 27.4 Å². The van der Waals surface area contributed by atoms with E-state index >= 15 is 0 Å². The van der Waals surface area contributed by atoms with Crippen LogP contribution in [0.2, 0.25) is 0 Å². The Hall–Kier alpha value is -3.03. The number of ether oxygens (including phenoxy) is 2. The lowest BCUT2D eigenvalue weighted by Crippen LogP contribution is -2.42. The van der Waals surface area contributed by atoms with Crippen LogP contribution in [-0.2, 0) is 11.0 Å². The molecule has 1 unspecified atom stereocenters. The maximum absolute atomic E-state index is 12.8. The highest BCUT2D eigenvalue weighted by Gasteiger charge is 2.30. The van der Waals surface area contributed by atoms with Crippen LogP contribution in [0.1, 0.15) is 18.1 Å². The van der Waals surface area contributed by atoms with Crippen LogP contribution in [-0.4, -0.2) is 24.3 Å². The maximum Gasteiger partial charge on any atom is 0.416 e. The van der Waals surface area contributed by atoms with Crippen molar-refractivity contribution in [3.8, 4) is 11.5 Å². The molecule has 26 heavy (non-hydrogen) atoms. The lowest BCUT2D eigenvalue weighted by molar-refractivity contribution is -0.137. The Balaban J connectivity index is 1.67. The molecule has 0 aromatic heterocycles. The van der Waals surface area contributed by atoms with E-state index in [1.165, 1.54) is 19.1 Å². The molecule has 0 aliphatic carbocycles. The normalized spacial score (nSPS) is 16.9. The molecule has 1 amide bonds. The molecule has 1 atom stereocenters. The molecule has 3 rings (SSSR count). The summed E-state index contributed by atoms with van der Waals surface area (Å²) in [5.41, 5.74) is 2.01. The lowest BCUT2D eigenvalue weighted by atomic mass is 10.1. The number of amides is 1. The standard InChI is InChI=1S/C18H15F3N2O3/c1-11(12-5-4-6-13(9-12)18(19,20)21)22-23-17(24)16-10-25-14-7-2-3-8-15(14)26-16/h2-9,16H,10H2,1H3,(H,23,24)/b22-11+. The van der Waals surface area contributed by atoms with Crippen LogP contribution in [0.3, 0.4) is 0 Å². The van der Waals surface area contributed by atoms with Gasteiger partial charge in [0, 0.05) is 0 Å². The van der Waals surface area contributed by atoms with Crippen molar-refractivity contribution in [2.45, 2.75) is 19.2 Å². The number of hydrogen-bond acceptors (Lipinski definition) is 4. The molecule has 2 aromatic carbocycles. The zero-order valence-electron chi connectivity index (χ0n) is 13.7. The number of carbonyl (C=O) groups is 1. The van der Waals surface area contributed by atoms with Gasteiger partial charge in [0.15, 0.2) is 11.5 Å². The smallest absolute Gasteiger partial charge is 0.416 e. The molecule has 8 heteroatoms. The van der Waals surface area contributed by atoms with Crippen LogP contribution in [0, 0.1) is 0 Å². The van der Waals surface area contributed by atoms with Gasteiger partial charge in [0.2, 0.25) is 6.10 Å². The number of halogens is 3. The van der Waals surface area contributed by atoms with Crippen molar-refractivity contribution in [2.24, 2.45) is 5.10 Å². The molecule has 0 spiro atoms. The number of hydrazone groups is 1. The van der Waals surface area contributed by atoms with Gasteiger partial charge < -0.3 is 9.47 Å². The first kappa shape index (κ1) is 17.8. The number of para-hydroxylation sites is 2. The number of alkyl halides is 3. The molecule has 136 valence electrons. The summed E-state index contributed by atoms with van der Waals surface area (Å²) in [6, 6.07) is 11.6. The maximum atomic E-state index is 12.8. The minimum Gasteiger partial charge on any atom is -0.485 e. The zero-order valence-corrected chi connectivity index (χ0v) is 13.7. The number of hydrogen-bond donors (Lipinski definition) is 1. The molecule has 0 saturated carbocycles. The molecule has 5 nitrogen and oxygen atoms in total. The molecule has 1 aliphatic rings. The molecule has 1 aliphatic heterocycles. The fourth-order valence-electron chi connectivity index (χ4n) is 2.34. The Bertz CT molecular complexity index is 850. The Kier molecular flexibility index (Phi) is 4.83. The number of benzene rings is 2. The van der Waals surface area contributed by atoms with Gasteiger partial charge in [-0.05, 0) is 36.8 Å². The number of carbonyl (C=O) groups excluding carboxylic acids is 1. The number of fused-ring (bicyclic) bond motifs is 1. The van der Waals surface area contributed by atoms with E-state index in [-0.39, 0.29) is 17.9 Å². The van der Waals surface area contributed by atoms with Crippen molar-refractivity contribution in [2.75, 3.05) is 6.61 Å². The lowest BCUT2D eigenvalue weighted by Gasteiger charge is -2.24. The van der Waals surface area contributed by atoms with Crippen LogP contribution in [0.4, 0.5) is 13.2 Å². The van der Waals surface area contributed by atoms with Gasteiger partial charge in [0.1, 0.15) is 6.61 Å². The number of nitrogens with zero attached hydrogens (tertiary/aromatic N) is 1. The minimum absolute atomic E-state index is 0.0149. The summed E-state index contributed by atoms with van der Waals surface area (Å²) < 4.78 is 49.3. The third-order valence-electron chi connectivity index (χ3n) is 3.74. The molecular weight excluding hydrogens is 349 g/mol. The van der Waals surface area contributed by atoms with Crippen molar-refractivity contribution >= 4 is 11.6 Å². The zero-order chi connectivity index (χ0) is 18.7. The molecule has 1 N–H and O–H groups in total. The Morgan fingerprint density at radius 2 is 1.88 bits per heavy atom. The van der Waals surface area contributed by atoms with Gasteiger partial charge in [-0.3, -0.25) is 4.79 Å². The van der Waals surface area contributed by atoms with Gasteiger partial charge in [-0.15, -0.1) is 0 Å². The van der Waals surface area contributed by atoms with E-state index in [9.17, 15) is 18.0 Å². The third kappa shape index (κ3) is 3.96. The highest BCUT2D eigenvalue weighted by atomic mass is 19.4. The molecule has 0 fully saturated rings. The van der Waals surface area contributed by atoms with Gasteiger partial charge in [-0.25, -0.2) is 5.43 Å². The Labute approximate surface area is 147 Å². The monoisotopic (exact) mass is 364 g/mol. The quantitative estimate of drug-likeness (QED) is 0.671. The van der Waals surface area contributed by atoms with Gasteiger partial charge in [-0.1, -0.05) is 24.3 Å². The average Bonchev–Trinajstić information content (AvgIpc) is 2.64. The molecule has 2 aromatic rings. The summed E-state index contributed by atoms with van der Waals surface area (Å²) in [6.45, 7) is 1.52. The fraction of sp³-hybridized carbons (Fsp3) is 0.222. The third-order valence-corrected chi connectivity index (χ3v) is 3.74. The Morgan fingerprint density at radius 1 is 1.15 bits per heavy atom. The number of rotatable bonds is 3. The second-order valence-electron chi connectivity index (χ2n) is 5.62. The largest absolute Gasteiger partial charge is 0.485 e. The first-order chi connectivity index (χ1) is 12.3. The van der Waals surface area contributed by atoms with Crippen molar-refractivity contribution in [3.05, 3.63) is 59.7 Å². The van der Waals surface area contributed by atoms with Crippen LogP contribution in [0.25, 0.3) is 0 Å². The number of nitrogens with one attached hydrogen (secondary N) is 1. The molecule has 0 bridgehead atoms. The van der Waals surface area contributed by atoms with Gasteiger partial charge in [0.25, 0.3) is 5.91 Å². The predicted molar refractivity (Wildman–Crippen MR) is 88.2 cm³/mol. The topological polar surface area (TPSA) is 59.9 Å². The highest BCUT2D eigenvalue weighted by molar-refractivity contribution is 5.99. The van der Waals surface area contributed by atoms with E-state index < -0.39 is 23.8 Å². The van der Waals surface area contributed by atoms with E-state index in [0.717, 1.165) is 12.1 Å². The molecular formula is C18H15F3N2O3. The van der Waals surface area contributed by atoms with E-state index in [4.69, 9.17) is 9.47 Å². The second kappa shape index (κ2) is 7.07. The van der Waals surface area contributed by atoms with Crippen molar-refractivity contribution in [1.29, 1.82) is 0 Å². The van der Waals surface area contributed by atoms with Crippen LogP contribution in [0.5, 0.6) is 11.5 Å². The van der Waals surface area contributed by atoms with E-state index in [1.54, 1.807) is 24.3 Å². The summed E-state index contributed by atoms with van der Waals surface area (Å²) in [7, 11) is 0. The molecule has 1 heterocycles. The highest BCUT2D eigenvalue weighted by Crippen LogP contribution is 2.31. The van der Waals surface area contributed by atoms with Crippen molar-refractivity contribution in [1.82, 2.24) is 5.43 Å². The van der Waals surface area contributed by atoms with Gasteiger partial charge >= 0.3 is 6.18 Å². The molecule has 0 radical (unpaired) electrons. The fourth-order valence-corrected chi connectivity index (χ4v) is 2.34. The first-order valence-corrected chi connectivity index (χ1v) is 7.75. The SMILES string of the molecule is C/C(=N\NC(=O)C1COc2ccccc2O1)c1cccc(C(F)(F)F)c1. The summed E-state index contributed by atoms with van der Waals surface area (Å²) in [5.74, 6) is 0.434. The van der Waals surface area contributed by atoms with Gasteiger partial charge in [0.05, 0.1) is 11.3 Å². The van der Waals surface area contributed by atoms with Crippen molar-refractivity contribution in [3.63, 3.8) is 0 Å². The van der Waals surface area contributed by atoms with Crippen LogP contribution >= 0.6 is 0 Å². The average molecular weight is 364 g/mol. The summed E-state index contributed by atoms with van der Waals surface area (Å²) >= 11 is 0. The summed E-state index contributed by atoms with van der Waals surface area (Å²) in [4.78, 5) is 12.2. The van der Waals surface area contributed by atoms with Crippen LogP contribution < -0.4 is 14.9 Å². The summed E-state index contributed by atoms with van der Waals surface area (Å²) in [6.07, 6.45) is -5.34. The predicted octanol–water partition coefficient (Wildman–Crippen LogP) is 3.39. The van der Waals surface area contributed by atoms with Gasteiger partial charge in [-0.2, -0.15) is 18.3 Å². The summed E-state index contributed by atoms with van der Waals surface area (Å²) in [5, 5.41) is 3.86. The van der Waals surface area contributed by atoms with E-state index in [0.29, 0.717) is 11.5 Å². The van der Waals surface area contributed by atoms with E-state index in [2.05, 4.69) is 10.5 Å². The minimum atomic E-state index is -4.44. The molecule has 0 saturated heterocycles.